The average molecular weight is 672 g/mol. The molecule has 1 aliphatic heterocycles. The molecule has 2 heterocycles. The van der Waals surface area contributed by atoms with Crippen LogP contribution < -0.4 is 14.8 Å². The second-order valence-corrected chi connectivity index (χ2v) is 15.5. The van der Waals surface area contributed by atoms with E-state index >= 15 is 0 Å². The molecule has 1 unspecified atom stereocenters. The van der Waals surface area contributed by atoms with Gasteiger partial charge < -0.3 is 14.8 Å². The summed E-state index contributed by atoms with van der Waals surface area (Å²) in [7, 11) is -3.86. The molecule has 3 amide bonds. The lowest BCUT2D eigenvalue weighted by atomic mass is 10.1. The zero-order chi connectivity index (χ0) is 34.4. The molecule has 2 aromatic carbocycles. The molecule has 1 saturated heterocycles. The molecule has 1 aromatic heterocycles. The van der Waals surface area contributed by atoms with Crippen LogP contribution in [0.25, 0.3) is 22.0 Å². The highest BCUT2D eigenvalue weighted by Crippen LogP contribution is 2.45. The lowest BCUT2D eigenvalue weighted by Crippen LogP contribution is -2.56. The molecule has 6 rings (SSSR count). The third-order valence-corrected chi connectivity index (χ3v) is 10.6. The maximum atomic E-state index is 13.9. The molecule has 2 N–H and O–H groups in total. The maximum absolute atomic E-state index is 13.9. The van der Waals surface area contributed by atoms with Crippen molar-refractivity contribution in [1.82, 2.24) is 19.9 Å². The Morgan fingerprint density at radius 3 is 2.46 bits per heavy atom. The van der Waals surface area contributed by atoms with Crippen LogP contribution in [0.15, 0.2) is 67.3 Å². The van der Waals surface area contributed by atoms with Gasteiger partial charge in [-0.3, -0.25) is 19.2 Å². The number of pyridine rings is 1. The van der Waals surface area contributed by atoms with Crippen molar-refractivity contribution in [1.29, 1.82) is 5.26 Å². The van der Waals surface area contributed by atoms with E-state index < -0.39 is 62.4 Å². The number of carbonyl (C=O) groups excluding carboxylic acids is 3. The highest BCUT2D eigenvalue weighted by Gasteiger charge is 2.62. The first kappa shape index (κ1) is 33.0. The largest absolute Gasteiger partial charge is 0.472 e. The summed E-state index contributed by atoms with van der Waals surface area (Å²) < 4.78 is 39.4. The van der Waals surface area contributed by atoms with Crippen LogP contribution in [-0.2, 0) is 24.3 Å². The van der Waals surface area contributed by atoms with E-state index in [4.69, 9.17) is 14.5 Å². The van der Waals surface area contributed by atoms with Crippen LogP contribution in [0, 0.1) is 17.2 Å². The van der Waals surface area contributed by atoms with Gasteiger partial charge in [-0.25, -0.2) is 18.2 Å². The topological polar surface area (TPSA) is 168 Å². The van der Waals surface area contributed by atoms with E-state index in [1.165, 1.54) is 11.0 Å². The number of nitrogens with one attached hydrogen (secondary N) is 2. The molecule has 0 bridgehead atoms. The van der Waals surface area contributed by atoms with Gasteiger partial charge in [-0.15, -0.1) is 6.58 Å². The quantitative estimate of drug-likeness (QED) is 0.317. The van der Waals surface area contributed by atoms with Crippen LogP contribution >= 0.6 is 0 Å². The van der Waals surface area contributed by atoms with Crippen molar-refractivity contribution < 1.29 is 32.3 Å². The zero-order valence-electron chi connectivity index (χ0n) is 26.9. The minimum atomic E-state index is -3.86. The summed E-state index contributed by atoms with van der Waals surface area (Å²) in [6.07, 6.45) is 1.26. The Labute approximate surface area is 279 Å². The molecular formula is C35H37N5O7S. The minimum Gasteiger partial charge on any atom is -0.472 e. The Morgan fingerprint density at radius 1 is 1.12 bits per heavy atom. The minimum absolute atomic E-state index is 0.00968. The van der Waals surface area contributed by atoms with Gasteiger partial charge in [0, 0.05) is 23.3 Å². The van der Waals surface area contributed by atoms with Gasteiger partial charge in [-0.05, 0) is 69.7 Å². The normalized spacial score (nSPS) is 23.5. The Kier molecular flexibility index (Phi) is 8.41. The summed E-state index contributed by atoms with van der Waals surface area (Å²) in [5, 5.41) is 12.9. The molecule has 48 heavy (non-hydrogen) atoms. The molecule has 0 radical (unpaired) electrons. The first-order valence-corrected chi connectivity index (χ1v) is 17.3. The van der Waals surface area contributed by atoms with Gasteiger partial charge >= 0.3 is 6.09 Å². The van der Waals surface area contributed by atoms with Crippen molar-refractivity contribution in [2.24, 2.45) is 5.92 Å². The number of fused-ring (bicyclic) bond motifs is 1. The third-order valence-electron chi connectivity index (χ3n) is 8.74. The van der Waals surface area contributed by atoms with E-state index in [0.717, 1.165) is 16.3 Å². The monoisotopic (exact) mass is 671 g/mol. The summed E-state index contributed by atoms with van der Waals surface area (Å²) in [5.41, 5.74) is -0.456. The first-order valence-electron chi connectivity index (χ1n) is 15.8. The fraction of sp³-hybridized carbons (Fsp3) is 0.400. The van der Waals surface area contributed by atoms with Crippen molar-refractivity contribution in [3.05, 3.63) is 72.8 Å². The van der Waals surface area contributed by atoms with Gasteiger partial charge in [0.1, 0.15) is 23.3 Å². The van der Waals surface area contributed by atoms with Crippen molar-refractivity contribution in [2.45, 2.75) is 75.0 Å². The molecule has 12 nitrogen and oxygen atoms in total. The van der Waals surface area contributed by atoms with Gasteiger partial charge in [-0.2, -0.15) is 5.26 Å². The first-order chi connectivity index (χ1) is 22.7. The maximum Gasteiger partial charge on any atom is 0.411 e. The zero-order valence-corrected chi connectivity index (χ0v) is 27.7. The molecule has 3 fully saturated rings. The predicted molar refractivity (Wildman–Crippen MR) is 177 cm³/mol. The van der Waals surface area contributed by atoms with Gasteiger partial charge in [0.05, 0.1) is 29.1 Å². The van der Waals surface area contributed by atoms with Crippen molar-refractivity contribution in [2.75, 3.05) is 6.54 Å². The summed E-state index contributed by atoms with van der Waals surface area (Å²) >= 11 is 0. The number of hydrogen-bond acceptors (Lipinski definition) is 9. The van der Waals surface area contributed by atoms with Crippen LogP contribution in [-0.4, -0.2) is 71.3 Å². The Balaban J connectivity index is 1.27. The molecule has 2 aliphatic carbocycles. The second-order valence-electron chi connectivity index (χ2n) is 13.5. The van der Waals surface area contributed by atoms with Crippen molar-refractivity contribution >= 4 is 38.7 Å². The average Bonchev–Trinajstić information content (AvgIpc) is 3.97. The number of sulfonamides is 1. The number of carbonyl (C=O) groups is 3. The van der Waals surface area contributed by atoms with Gasteiger partial charge in [0.2, 0.25) is 21.8 Å². The number of amides is 3. The van der Waals surface area contributed by atoms with Crippen molar-refractivity contribution in [3.63, 3.8) is 0 Å². The number of benzene rings is 2. The summed E-state index contributed by atoms with van der Waals surface area (Å²) in [6.45, 7) is 8.88. The van der Waals surface area contributed by atoms with Crippen LogP contribution in [0.1, 0.15) is 52.0 Å². The smallest absolute Gasteiger partial charge is 0.411 e. The number of nitrogens with zero attached hydrogens (tertiary/aromatic N) is 3. The highest BCUT2D eigenvalue weighted by molar-refractivity contribution is 7.91. The van der Waals surface area contributed by atoms with Crippen LogP contribution in [0.3, 0.4) is 0 Å². The fourth-order valence-corrected chi connectivity index (χ4v) is 7.31. The number of likely N-dealkylation sites (tertiary alicyclic amines) is 1. The molecule has 3 aliphatic rings. The lowest BCUT2D eigenvalue weighted by Gasteiger charge is -2.29. The van der Waals surface area contributed by atoms with Crippen LogP contribution in [0.2, 0.25) is 0 Å². The fourth-order valence-electron chi connectivity index (χ4n) is 5.95. The highest BCUT2D eigenvalue weighted by atomic mass is 32.2. The number of ether oxygens (including phenoxy) is 2. The van der Waals surface area contributed by atoms with Crippen LogP contribution in [0.5, 0.6) is 5.88 Å². The molecule has 250 valence electrons. The van der Waals surface area contributed by atoms with E-state index in [0.29, 0.717) is 30.0 Å². The third kappa shape index (κ3) is 6.71. The second kappa shape index (κ2) is 12.2. The Morgan fingerprint density at radius 2 is 1.83 bits per heavy atom. The molecular weight excluding hydrogens is 634 g/mol. The standard InChI is InChI=1S/C35H37N5O7S/c1-5-24-18-35(24,32(42)39-48(44,45)26-14-15-26)38-30(41)29-17-25(20-40(29)33(43)47-34(2,3)4)46-31-27-9-7-6-8-23(27)16-28(37-31)22-12-10-21(19-36)11-13-22/h5-13,16,24-26,29H,1,14-15,17-18,20H2,2-4H3,(H,38,41)(H,39,42)/t24?,25-,29+,35-/m1/s1. The molecule has 2 saturated carbocycles. The van der Waals surface area contributed by atoms with Gasteiger partial charge in [-0.1, -0.05) is 36.4 Å². The van der Waals surface area contributed by atoms with E-state index in [1.807, 2.05) is 30.3 Å². The van der Waals surface area contributed by atoms with E-state index in [2.05, 4.69) is 22.7 Å². The Bertz CT molecular complexity index is 1950. The molecule has 13 heteroatoms. The molecule has 0 spiro atoms. The van der Waals surface area contributed by atoms with Crippen molar-refractivity contribution in [3.8, 4) is 23.2 Å². The van der Waals surface area contributed by atoms with E-state index in [1.54, 1.807) is 45.0 Å². The summed E-state index contributed by atoms with van der Waals surface area (Å²) in [6, 6.07) is 17.5. The van der Waals surface area contributed by atoms with E-state index in [9.17, 15) is 28.1 Å². The number of aromatic nitrogens is 1. The molecule has 3 aromatic rings. The number of nitriles is 1. The van der Waals surface area contributed by atoms with Gasteiger partial charge in [0.25, 0.3) is 5.91 Å². The number of hydrogen-bond donors (Lipinski definition) is 2. The van der Waals surface area contributed by atoms with Gasteiger partial charge in [0.15, 0.2) is 0 Å². The van der Waals surface area contributed by atoms with Crippen LogP contribution in [0.4, 0.5) is 4.79 Å². The SMILES string of the molecule is C=CC1C[C@]1(NC(=O)[C@@H]1C[C@@H](Oc2nc(-c3ccc(C#N)cc3)cc3ccccc23)CN1C(=O)OC(C)(C)C)C(=O)NS(=O)(=O)C1CC1. The predicted octanol–water partition coefficient (Wildman–Crippen LogP) is 4.20. The molecule has 4 atom stereocenters. The summed E-state index contributed by atoms with van der Waals surface area (Å²) in [4.78, 5) is 46.8. The summed E-state index contributed by atoms with van der Waals surface area (Å²) in [5.74, 6) is -1.64. The van der Waals surface area contributed by atoms with E-state index in [-0.39, 0.29) is 19.4 Å². The Hall–Kier alpha value is -4.96. The number of rotatable bonds is 9. The lowest BCUT2D eigenvalue weighted by molar-refractivity contribution is -0.131.